The van der Waals surface area contributed by atoms with Gasteiger partial charge < -0.3 is 9.84 Å². The summed E-state index contributed by atoms with van der Waals surface area (Å²) in [4.78, 5) is 0. The van der Waals surface area contributed by atoms with Crippen molar-refractivity contribution in [2.45, 2.75) is 26.4 Å². The van der Waals surface area contributed by atoms with E-state index in [1.807, 2.05) is 43.3 Å². The number of rotatable bonds is 5. The summed E-state index contributed by atoms with van der Waals surface area (Å²) in [6, 6.07) is 15.7. The van der Waals surface area contributed by atoms with Crippen molar-refractivity contribution in [1.82, 2.24) is 0 Å². The highest BCUT2D eigenvalue weighted by molar-refractivity contribution is 5.35. The first kappa shape index (κ1) is 13.6. The average Bonchev–Trinajstić information content (AvgIpc) is 2.48. The largest absolute Gasteiger partial charge is 0.494 e. The zero-order valence-electron chi connectivity index (χ0n) is 11.5. The van der Waals surface area contributed by atoms with Gasteiger partial charge in [-0.05, 0) is 42.2 Å². The number of ether oxygens (including phenoxy) is 1. The highest BCUT2D eigenvalue weighted by Crippen LogP contribution is 2.24. The van der Waals surface area contributed by atoms with Crippen LogP contribution in [0.4, 0.5) is 0 Å². The van der Waals surface area contributed by atoms with E-state index in [1.54, 1.807) is 0 Å². The summed E-state index contributed by atoms with van der Waals surface area (Å²) in [6.45, 7) is 4.72. The number of hydrogen-bond acceptors (Lipinski definition) is 2. The lowest BCUT2D eigenvalue weighted by molar-refractivity contribution is 0.220. The van der Waals surface area contributed by atoms with E-state index < -0.39 is 6.10 Å². The molecule has 0 amide bonds. The van der Waals surface area contributed by atoms with Gasteiger partial charge in [0.2, 0.25) is 0 Å². The third-order valence-electron chi connectivity index (χ3n) is 3.18. The fourth-order valence-electron chi connectivity index (χ4n) is 2.09. The SMILES string of the molecule is CCOc1ccc(C(O)c2cccc(CC)c2)cc1. The van der Waals surface area contributed by atoms with Crippen molar-refractivity contribution in [3.63, 3.8) is 0 Å². The van der Waals surface area contributed by atoms with E-state index in [0.717, 1.165) is 23.3 Å². The van der Waals surface area contributed by atoms with Gasteiger partial charge in [-0.3, -0.25) is 0 Å². The van der Waals surface area contributed by atoms with Crippen LogP contribution in [0, 0.1) is 0 Å². The summed E-state index contributed by atoms with van der Waals surface area (Å²) in [5, 5.41) is 10.4. The molecule has 0 heterocycles. The molecular formula is C17H20O2. The zero-order valence-corrected chi connectivity index (χ0v) is 11.5. The molecule has 2 nitrogen and oxygen atoms in total. The molecule has 1 unspecified atom stereocenters. The molecule has 19 heavy (non-hydrogen) atoms. The lowest BCUT2D eigenvalue weighted by Crippen LogP contribution is -2.00. The lowest BCUT2D eigenvalue weighted by Gasteiger charge is -2.13. The van der Waals surface area contributed by atoms with E-state index in [4.69, 9.17) is 4.74 Å². The zero-order chi connectivity index (χ0) is 13.7. The Morgan fingerprint density at radius 1 is 1.00 bits per heavy atom. The van der Waals surface area contributed by atoms with Gasteiger partial charge in [-0.2, -0.15) is 0 Å². The first-order valence-corrected chi connectivity index (χ1v) is 6.74. The van der Waals surface area contributed by atoms with E-state index in [0.29, 0.717) is 6.61 Å². The van der Waals surface area contributed by atoms with Gasteiger partial charge in [0.15, 0.2) is 0 Å². The topological polar surface area (TPSA) is 29.5 Å². The molecule has 0 aliphatic rings. The number of benzene rings is 2. The molecule has 0 aliphatic carbocycles. The lowest BCUT2D eigenvalue weighted by atomic mass is 9.99. The number of aryl methyl sites for hydroxylation is 1. The third kappa shape index (κ3) is 3.36. The molecule has 100 valence electrons. The molecule has 2 heteroatoms. The van der Waals surface area contributed by atoms with Gasteiger partial charge in [0.05, 0.1) is 6.61 Å². The number of aliphatic hydroxyl groups is 1. The quantitative estimate of drug-likeness (QED) is 0.883. The smallest absolute Gasteiger partial charge is 0.119 e. The normalized spacial score (nSPS) is 12.2. The van der Waals surface area contributed by atoms with Crippen LogP contribution in [0.2, 0.25) is 0 Å². The van der Waals surface area contributed by atoms with Crippen molar-refractivity contribution >= 4 is 0 Å². The van der Waals surface area contributed by atoms with Crippen molar-refractivity contribution in [3.8, 4) is 5.75 Å². The predicted molar refractivity (Wildman–Crippen MR) is 77.5 cm³/mol. The van der Waals surface area contributed by atoms with E-state index >= 15 is 0 Å². The Morgan fingerprint density at radius 2 is 1.74 bits per heavy atom. The standard InChI is InChI=1S/C17H20O2/c1-3-13-6-5-7-15(12-13)17(18)14-8-10-16(11-9-14)19-4-2/h5-12,17-18H,3-4H2,1-2H3. The van der Waals surface area contributed by atoms with Crippen LogP contribution in [0.25, 0.3) is 0 Å². The monoisotopic (exact) mass is 256 g/mol. The Hall–Kier alpha value is -1.80. The summed E-state index contributed by atoms with van der Waals surface area (Å²) >= 11 is 0. The highest BCUT2D eigenvalue weighted by atomic mass is 16.5. The molecule has 2 aromatic rings. The fourth-order valence-corrected chi connectivity index (χ4v) is 2.09. The minimum Gasteiger partial charge on any atom is -0.494 e. The number of hydrogen-bond donors (Lipinski definition) is 1. The van der Waals surface area contributed by atoms with E-state index in [9.17, 15) is 5.11 Å². The van der Waals surface area contributed by atoms with Gasteiger partial charge in [-0.25, -0.2) is 0 Å². The van der Waals surface area contributed by atoms with Crippen LogP contribution in [-0.4, -0.2) is 11.7 Å². The molecule has 0 aromatic heterocycles. The summed E-state index contributed by atoms with van der Waals surface area (Å²) < 4.78 is 5.40. The molecule has 0 radical (unpaired) electrons. The average molecular weight is 256 g/mol. The Balaban J connectivity index is 2.20. The first-order valence-electron chi connectivity index (χ1n) is 6.74. The molecule has 2 aromatic carbocycles. The van der Waals surface area contributed by atoms with Crippen LogP contribution in [-0.2, 0) is 6.42 Å². The van der Waals surface area contributed by atoms with E-state index in [-0.39, 0.29) is 0 Å². The fraction of sp³-hybridized carbons (Fsp3) is 0.294. The van der Waals surface area contributed by atoms with Crippen molar-refractivity contribution in [1.29, 1.82) is 0 Å². The van der Waals surface area contributed by atoms with E-state index in [1.165, 1.54) is 5.56 Å². The Kier molecular flexibility index (Phi) is 4.58. The molecule has 0 bridgehead atoms. The van der Waals surface area contributed by atoms with Gasteiger partial charge in [0.25, 0.3) is 0 Å². The maximum absolute atomic E-state index is 10.4. The maximum atomic E-state index is 10.4. The maximum Gasteiger partial charge on any atom is 0.119 e. The molecule has 0 fully saturated rings. The van der Waals surface area contributed by atoms with Crippen molar-refractivity contribution in [3.05, 3.63) is 65.2 Å². The molecule has 1 atom stereocenters. The van der Waals surface area contributed by atoms with Gasteiger partial charge in [-0.15, -0.1) is 0 Å². The van der Waals surface area contributed by atoms with Crippen molar-refractivity contribution in [2.24, 2.45) is 0 Å². The van der Waals surface area contributed by atoms with Crippen molar-refractivity contribution < 1.29 is 9.84 Å². The molecule has 1 N–H and O–H groups in total. The molecule has 0 saturated heterocycles. The Morgan fingerprint density at radius 3 is 2.37 bits per heavy atom. The van der Waals surface area contributed by atoms with Gasteiger partial charge in [-0.1, -0.05) is 43.3 Å². The predicted octanol–water partition coefficient (Wildman–Crippen LogP) is 3.73. The highest BCUT2D eigenvalue weighted by Gasteiger charge is 2.10. The summed E-state index contributed by atoms with van der Waals surface area (Å²) in [5.74, 6) is 0.834. The van der Waals surface area contributed by atoms with Crippen LogP contribution < -0.4 is 4.74 Å². The molecular weight excluding hydrogens is 236 g/mol. The van der Waals surface area contributed by atoms with Crippen LogP contribution in [0.15, 0.2) is 48.5 Å². The number of aliphatic hydroxyl groups excluding tert-OH is 1. The van der Waals surface area contributed by atoms with Crippen molar-refractivity contribution in [2.75, 3.05) is 6.61 Å². The molecule has 0 saturated carbocycles. The second-order valence-corrected chi connectivity index (χ2v) is 4.50. The summed E-state index contributed by atoms with van der Waals surface area (Å²) in [7, 11) is 0. The van der Waals surface area contributed by atoms with Crippen LogP contribution in [0.5, 0.6) is 5.75 Å². The van der Waals surface area contributed by atoms with E-state index in [2.05, 4.69) is 19.1 Å². The first-order chi connectivity index (χ1) is 9.24. The Labute approximate surface area is 114 Å². The molecule has 0 spiro atoms. The Bertz CT molecular complexity index is 517. The van der Waals surface area contributed by atoms with Gasteiger partial charge in [0.1, 0.15) is 11.9 Å². The van der Waals surface area contributed by atoms with Crippen LogP contribution in [0.1, 0.15) is 36.6 Å². The second kappa shape index (κ2) is 6.39. The van der Waals surface area contributed by atoms with Crippen LogP contribution in [0.3, 0.4) is 0 Å². The van der Waals surface area contributed by atoms with Gasteiger partial charge in [0, 0.05) is 0 Å². The van der Waals surface area contributed by atoms with Crippen LogP contribution >= 0.6 is 0 Å². The second-order valence-electron chi connectivity index (χ2n) is 4.50. The molecule has 0 aliphatic heterocycles. The minimum absolute atomic E-state index is 0.581. The molecule has 2 rings (SSSR count). The minimum atomic E-state index is -0.581. The third-order valence-corrected chi connectivity index (χ3v) is 3.18. The van der Waals surface area contributed by atoms with Gasteiger partial charge >= 0.3 is 0 Å². The summed E-state index contributed by atoms with van der Waals surface area (Å²) in [6.07, 6.45) is 0.395. The summed E-state index contributed by atoms with van der Waals surface area (Å²) in [5.41, 5.74) is 3.06.